The summed E-state index contributed by atoms with van der Waals surface area (Å²) >= 11 is 0. The van der Waals surface area contributed by atoms with E-state index in [-0.39, 0.29) is 12.0 Å². The van der Waals surface area contributed by atoms with Gasteiger partial charge in [0.25, 0.3) is 5.91 Å². The summed E-state index contributed by atoms with van der Waals surface area (Å²) in [6.45, 7) is 6.91. The first-order chi connectivity index (χ1) is 16.1. The van der Waals surface area contributed by atoms with Gasteiger partial charge in [0.2, 0.25) is 0 Å². The van der Waals surface area contributed by atoms with E-state index in [4.69, 9.17) is 23.7 Å². The zero-order valence-electron chi connectivity index (χ0n) is 19.9. The molecule has 2 aromatic rings. The summed E-state index contributed by atoms with van der Waals surface area (Å²) in [5.41, 5.74) is 1.43. The van der Waals surface area contributed by atoms with Gasteiger partial charge in [0, 0.05) is 18.7 Å². The minimum Gasteiger partial charge on any atom is -0.493 e. The van der Waals surface area contributed by atoms with Crippen molar-refractivity contribution >= 4 is 5.91 Å². The van der Waals surface area contributed by atoms with Gasteiger partial charge in [-0.15, -0.1) is 0 Å². The fourth-order valence-electron chi connectivity index (χ4n) is 3.49. The zero-order chi connectivity index (χ0) is 23.5. The van der Waals surface area contributed by atoms with Crippen LogP contribution in [-0.2, 0) is 11.3 Å². The van der Waals surface area contributed by atoms with Gasteiger partial charge in [0.15, 0.2) is 23.0 Å². The Bertz CT molecular complexity index is 894. The molecule has 1 N–H and O–H groups in total. The zero-order valence-corrected chi connectivity index (χ0v) is 19.9. The average Bonchev–Trinajstić information content (AvgIpc) is 3.37. The van der Waals surface area contributed by atoms with Crippen molar-refractivity contribution in [3.8, 4) is 23.0 Å². The number of carbonyl (C=O) groups excluding carboxylic acids is 1. The summed E-state index contributed by atoms with van der Waals surface area (Å²) in [6.07, 6.45) is 4.00. The number of benzene rings is 2. The molecule has 3 rings (SSSR count). The van der Waals surface area contributed by atoms with Crippen LogP contribution in [0, 0.1) is 0 Å². The standard InChI is InChI=1S/C26H35NO6/c1-4-12-31-23-11-9-20(16-25(23)32-13-5-2)26(28)27-17-19-8-10-22(24(15-19)29-3)33-18-21-7-6-14-30-21/h8-11,15-16,21H,4-7,12-14,17-18H2,1-3H3,(H,27,28). The molecule has 0 aliphatic carbocycles. The van der Waals surface area contributed by atoms with Crippen LogP contribution in [0.25, 0.3) is 0 Å². The average molecular weight is 458 g/mol. The van der Waals surface area contributed by atoms with Crippen LogP contribution in [-0.4, -0.2) is 45.5 Å². The van der Waals surface area contributed by atoms with Gasteiger partial charge in [-0.05, 0) is 61.6 Å². The van der Waals surface area contributed by atoms with Crippen molar-refractivity contribution in [3.63, 3.8) is 0 Å². The molecule has 1 aliphatic heterocycles. The molecule has 2 aromatic carbocycles. The minimum absolute atomic E-state index is 0.138. The normalized spacial score (nSPS) is 15.2. The van der Waals surface area contributed by atoms with Crippen LogP contribution in [0.3, 0.4) is 0 Å². The molecular weight excluding hydrogens is 422 g/mol. The molecule has 1 fully saturated rings. The van der Waals surface area contributed by atoms with Crippen molar-refractivity contribution in [3.05, 3.63) is 47.5 Å². The predicted molar refractivity (Wildman–Crippen MR) is 127 cm³/mol. The van der Waals surface area contributed by atoms with Crippen LogP contribution in [0.15, 0.2) is 36.4 Å². The summed E-state index contributed by atoms with van der Waals surface area (Å²) in [5.74, 6) is 2.37. The largest absolute Gasteiger partial charge is 0.493 e. The van der Waals surface area contributed by atoms with Crippen LogP contribution in [0.4, 0.5) is 0 Å². The van der Waals surface area contributed by atoms with Gasteiger partial charge in [-0.1, -0.05) is 19.9 Å². The maximum atomic E-state index is 12.8. The van der Waals surface area contributed by atoms with E-state index < -0.39 is 0 Å². The number of hydrogen-bond acceptors (Lipinski definition) is 6. The number of rotatable bonds is 13. The molecule has 1 atom stereocenters. The highest BCUT2D eigenvalue weighted by Crippen LogP contribution is 2.30. The molecule has 0 saturated carbocycles. The van der Waals surface area contributed by atoms with E-state index in [0.717, 1.165) is 37.9 Å². The topological polar surface area (TPSA) is 75.3 Å². The maximum absolute atomic E-state index is 12.8. The Hall–Kier alpha value is -2.93. The molecule has 1 saturated heterocycles. The van der Waals surface area contributed by atoms with E-state index >= 15 is 0 Å². The van der Waals surface area contributed by atoms with E-state index in [9.17, 15) is 4.79 Å². The lowest BCUT2D eigenvalue weighted by atomic mass is 10.1. The lowest BCUT2D eigenvalue weighted by molar-refractivity contribution is 0.0669. The van der Waals surface area contributed by atoms with Gasteiger partial charge in [0.1, 0.15) is 6.61 Å². The summed E-state index contributed by atoms with van der Waals surface area (Å²) in [4.78, 5) is 12.8. The molecule has 1 aliphatic rings. The lowest BCUT2D eigenvalue weighted by Crippen LogP contribution is -2.23. The predicted octanol–water partition coefficient (Wildman–Crippen LogP) is 4.76. The Labute approximate surface area is 196 Å². The van der Waals surface area contributed by atoms with Crippen LogP contribution in [0.5, 0.6) is 23.0 Å². The number of amides is 1. The lowest BCUT2D eigenvalue weighted by Gasteiger charge is -2.15. The van der Waals surface area contributed by atoms with Crippen molar-refractivity contribution in [2.45, 2.75) is 52.2 Å². The highest BCUT2D eigenvalue weighted by Gasteiger charge is 2.17. The smallest absolute Gasteiger partial charge is 0.251 e. The van der Waals surface area contributed by atoms with E-state index in [2.05, 4.69) is 5.32 Å². The van der Waals surface area contributed by atoms with Gasteiger partial charge in [-0.25, -0.2) is 0 Å². The van der Waals surface area contributed by atoms with Gasteiger partial charge in [-0.2, -0.15) is 0 Å². The van der Waals surface area contributed by atoms with E-state index in [0.29, 0.717) is 54.9 Å². The van der Waals surface area contributed by atoms with Crippen LogP contribution in [0.1, 0.15) is 55.5 Å². The van der Waals surface area contributed by atoms with Crippen molar-refractivity contribution in [1.29, 1.82) is 0 Å². The molecule has 1 amide bonds. The third-order valence-electron chi connectivity index (χ3n) is 5.26. The van der Waals surface area contributed by atoms with Crippen LogP contribution < -0.4 is 24.3 Å². The molecule has 33 heavy (non-hydrogen) atoms. The number of carbonyl (C=O) groups is 1. The van der Waals surface area contributed by atoms with Gasteiger partial charge in [0.05, 0.1) is 26.4 Å². The molecular formula is C26H35NO6. The van der Waals surface area contributed by atoms with Crippen LogP contribution >= 0.6 is 0 Å². The Morgan fingerprint density at radius 3 is 2.39 bits per heavy atom. The summed E-state index contributed by atoms with van der Waals surface area (Å²) in [7, 11) is 1.61. The van der Waals surface area contributed by atoms with Crippen molar-refractivity contribution in [1.82, 2.24) is 5.32 Å². The Kier molecular flexibility index (Phi) is 9.69. The molecule has 7 nitrogen and oxygen atoms in total. The van der Waals surface area contributed by atoms with Crippen molar-refractivity contribution < 1.29 is 28.5 Å². The SMILES string of the molecule is CCCOc1ccc(C(=O)NCc2ccc(OCC3CCCO3)c(OC)c2)cc1OCCC. The first kappa shape index (κ1) is 24.7. The molecule has 0 spiro atoms. The summed E-state index contributed by atoms with van der Waals surface area (Å²) in [5, 5.41) is 2.96. The quantitative estimate of drug-likeness (QED) is 0.467. The summed E-state index contributed by atoms with van der Waals surface area (Å²) in [6, 6.07) is 10.9. The van der Waals surface area contributed by atoms with Crippen molar-refractivity contribution in [2.24, 2.45) is 0 Å². The first-order valence-corrected chi connectivity index (χ1v) is 11.7. The second kappa shape index (κ2) is 12.9. The van der Waals surface area contributed by atoms with Crippen molar-refractivity contribution in [2.75, 3.05) is 33.5 Å². The first-order valence-electron chi connectivity index (χ1n) is 11.7. The Morgan fingerprint density at radius 2 is 1.70 bits per heavy atom. The number of ether oxygens (including phenoxy) is 5. The second-order valence-electron chi connectivity index (χ2n) is 7.97. The highest BCUT2D eigenvalue weighted by molar-refractivity contribution is 5.94. The molecule has 0 aromatic heterocycles. The molecule has 0 bridgehead atoms. The van der Waals surface area contributed by atoms with Gasteiger partial charge in [-0.3, -0.25) is 4.79 Å². The number of methoxy groups -OCH3 is 1. The molecule has 7 heteroatoms. The Balaban J connectivity index is 1.60. The number of nitrogens with one attached hydrogen (secondary N) is 1. The maximum Gasteiger partial charge on any atom is 0.251 e. The third-order valence-corrected chi connectivity index (χ3v) is 5.26. The highest BCUT2D eigenvalue weighted by atomic mass is 16.5. The van der Waals surface area contributed by atoms with E-state index in [1.807, 2.05) is 32.0 Å². The monoisotopic (exact) mass is 457 g/mol. The van der Waals surface area contributed by atoms with Crippen LogP contribution in [0.2, 0.25) is 0 Å². The minimum atomic E-state index is -0.184. The molecule has 0 radical (unpaired) electrons. The van der Waals surface area contributed by atoms with Gasteiger partial charge >= 0.3 is 0 Å². The number of hydrogen-bond donors (Lipinski definition) is 1. The van der Waals surface area contributed by atoms with E-state index in [1.165, 1.54) is 0 Å². The third kappa shape index (κ3) is 7.29. The molecule has 1 unspecified atom stereocenters. The fourth-order valence-corrected chi connectivity index (χ4v) is 3.49. The second-order valence-corrected chi connectivity index (χ2v) is 7.97. The summed E-state index contributed by atoms with van der Waals surface area (Å²) < 4.78 is 28.5. The molecule has 180 valence electrons. The van der Waals surface area contributed by atoms with E-state index in [1.54, 1.807) is 25.3 Å². The van der Waals surface area contributed by atoms with Gasteiger partial charge < -0.3 is 29.0 Å². The fraction of sp³-hybridized carbons (Fsp3) is 0.500. The molecule has 1 heterocycles. The Morgan fingerprint density at radius 1 is 0.970 bits per heavy atom.